The fourth-order valence-electron chi connectivity index (χ4n) is 5.65. The van der Waals surface area contributed by atoms with Crippen molar-refractivity contribution in [3.8, 4) is 11.1 Å². The predicted molar refractivity (Wildman–Crippen MR) is 170 cm³/mol. The smallest absolute Gasteiger partial charge is 0.147 e. The van der Waals surface area contributed by atoms with Crippen molar-refractivity contribution in [1.29, 1.82) is 0 Å². The molecule has 0 fully saturated rings. The number of rotatable bonds is 4. The first-order valence-electron chi connectivity index (χ1n) is 13.8. The molecule has 0 saturated heterocycles. The minimum atomic E-state index is -0.139. The average Bonchev–Trinajstić information content (AvgIpc) is 3.01. The normalized spacial score (nSPS) is 15.2. The van der Waals surface area contributed by atoms with Crippen LogP contribution >= 0.6 is 0 Å². The van der Waals surface area contributed by atoms with Gasteiger partial charge in [0.1, 0.15) is 6.17 Å². The van der Waals surface area contributed by atoms with E-state index in [9.17, 15) is 0 Å². The van der Waals surface area contributed by atoms with Crippen molar-refractivity contribution in [2.75, 3.05) is 7.05 Å². The van der Waals surface area contributed by atoms with Crippen molar-refractivity contribution in [3.05, 3.63) is 162 Å². The molecule has 1 aliphatic heterocycles. The van der Waals surface area contributed by atoms with Crippen LogP contribution in [0, 0.1) is 6.92 Å². The lowest BCUT2D eigenvalue weighted by atomic mass is 9.97. The molecular formula is C38H30N2. The van der Waals surface area contributed by atoms with E-state index < -0.39 is 0 Å². The average molecular weight is 515 g/mol. The van der Waals surface area contributed by atoms with E-state index in [-0.39, 0.29) is 6.17 Å². The molecule has 0 spiro atoms. The highest BCUT2D eigenvalue weighted by Crippen LogP contribution is 2.36. The van der Waals surface area contributed by atoms with Crippen LogP contribution in [0.1, 0.15) is 28.4 Å². The van der Waals surface area contributed by atoms with E-state index in [1.165, 1.54) is 49.4 Å². The molecule has 1 heterocycles. The Hall–Kier alpha value is -4.95. The Morgan fingerprint density at radius 1 is 0.525 bits per heavy atom. The van der Waals surface area contributed by atoms with Crippen LogP contribution in [0.5, 0.6) is 0 Å². The van der Waals surface area contributed by atoms with Crippen molar-refractivity contribution in [1.82, 2.24) is 4.90 Å². The van der Waals surface area contributed by atoms with Crippen LogP contribution in [0.3, 0.4) is 0 Å². The van der Waals surface area contributed by atoms with Gasteiger partial charge in [0, 0.05) is 18.3 Å². The zero-order chi connectivity index (χ0) is 27.1. The largest absolute Gasteiger partial charge is 0.349 e. The summed E-state index contributed by atoms with van der Waals surface area (Å²) in [6.45, 7) is 2.12. The van der Waals surface area contributed by atoms with Crippen LogP contribution in [0.2, 0.25) is 0 Å². The van der Waals surface area contributed by atoms with Crippen LogP contribution in [0.4, 0.5) is 0 Å². The number of benzene rings is 6. The monoisotopic (exact) mass is 514 g/mol. The van der Waals surface area contributed by atoms with Gasteiger partial charge in [-0.15, -0.1) is 0 Å². The lowest BCUT2D eigenvalue weighted by Crippen LogP contribution is -2.27. The van der Waals surface area contributed by atoms with Crippen molar-refractivity contribution in [3.63, 3.8) is 0 Å². The van der Waals surface area contributed by atoms with Crippen LogP contribution in [-0.2, 0) is 0 Å². The van der Waals surface area contributed by atoms with E-state index in [1.807, 2.05) is 0 Å². The molecular weight excluding hydrogens is 484 g/mol. The molecule has 0 aromatic heterocycles. The van der Waals surface area contributed by atoms with Gasteiger partial charge < -0.3 is 4.90 Å². The number of nitrogens with zero attached hydrogens (tertiary/aromatic N) is 2. The second kappa shape index (κ2) is 9.98. The van der Waals surface area contributed by atoms with E-state index in [0.717, 1.165) is 17.0 Å². The van der Waals surface area contributed by atoms with E-state index >= 15 is 0 Å². The molecule has 0 amide bonds. The second-order valence-electron chi connectivity index (χ2n) is 10.6. The fraction of sp³-hybridized carbons (Fsp3) is 0.0789. The van der Waals surface area contributed by atoms with Gasteiger partial charge in [-0.2, -0.15) is 0 Å². The van der Waals surface area contributed by atoms with Gasteiger partial charge in [-0.25, -0.2) is 0 Å². The summed E-state index contributed by atoms with van der Waals surface area (Å²) in [4.78, 5) is 7.63. The van der Waals surface area contributed by atoms with Gasteiger partial charge in [0.2, 0.25) is 0 Å². The van der Waals surface area contributed by atoms with E-state index in [1.54, 1.807) is 0 Å². The molecule has 40 heavy (non-hydrogen) atoms. The third-order valence-corrected chi connectivity index (χ3v) is 7.97. The predicted octanol–water partition coefficient (Wildman–Crippen LogP) is 9.44. The Labute approximate surface area is 235 Å². The molecule has 1 aliphatic rings. The summed E-state index contributed by atoms with van der Waals surface area (Å²) < 4.78 is 0. The molecule has 1 unspecified atom stereocenters. The molecule has 6 aromatic rings. The molecule has 0 bridgehead atoms. The molecule has 0 saturated carbocycles. The molecule has 2 nitrogen and oxygen atoms in total. The molecule has 6 aromatic carbocycles. The molecule has 192 valence electrons. The van der Waals surface area contributed by atoms with E-state index in [2.05, 4.69) is 158 Å². The lowest BCUT2D eigenvalue weighted by molar-refractivity contribution is 0.364. The number of fused-ring (bicyclic) bond motifs is 2. The maximum absolute atomic E-state index is 5.33. The summed E-state index contributed by atoms with van der Waals surface area (Å²) in [5.41, 5.74) is 9.37. The topological polar surface area (TPSA) is 15.6 Å². The third-order valence-electron chi connectivity index (χ3n) is 7.97. The van der Waals surface area contributed by atoms with Gasteiger partial charge in [-0.05, 0) is 68.9 Å². The molecule has 0 N–H and O–H groups in total. The maximum Gasteiger partial charge on any atom is 0.147 e. The van der Waals surface area contributed by atoms with Crippen molar-refractivity contribution < 1.29 is 0 Å². The zero-order valence-electron chi connectivity index (χ0n) is 22.8. The molecule has 2 heteroatoms. The Morgan fingerprint density at radius 2 is 1.02 bits per heavy atom. The Morgan fingerprint density at radius 3 is 1.65 bits per heavy atom. The Balaban J connectivity index is 1.33. The van der Waals surface area contributed by atoms with Gasteiger partial charge >= 0.3 is 0 Å². The maximum atomic E-state index is 5.33. The fourth-order valence-corrected chi connectivity index (χ4v) is 5.65. The number of aryl methyl sites for hydroxylation is 1. The van der Waals surface area contributed by atoms with Crippen molar-refractivity contribution in [2.45, 2.75) is 13.1 Å². The third kappa shape index (κ3) is 4.48. The van der Waals surface area contributed by atoms with Gasteiger partial charge in [0.15, 0.2) is 0 Å². The quantitative estimate of drug-likeness (QED) is 0.229. The highest BCUT2D eigenvalue weighted by Gasteiger charge is 2.25. The summed E-state index contributed by atoms with van der Waals surface area (Å²) in [5.74, 6) is 0. The summed E-state index contributed by atoms with van der Waals surface area (Å²) >= 11 is 0. The zero-order valence-corrected chi connectivity index (χ0v) is 22.8. The Kier molecular flexibility index (Phi) is 6.02. The van der Waals surface area contributed by atoms with Gasteiger partial charge in [-0.1, -0.05) is 127 Å². The lowest BCUT2D eigenvalue weighted by Gasteiger charge is -2.34. The first-order valence-corrected chi connectivity index (χ1v) is 13.8. The number of hydrogen-bond donors (Lipinski definition) is 0. The number of allylic oxidation sites excluding steroid dienone is 1. The summed E-state index contributed by atoms with van der Waals surface area (Å²) in [6.07, 6.45) is 2.10. The summed E-state index contributed by atoms with van der Waals surface area (Å²) in [6, 6.07) is 48.0. The van der Waals surface area contributed by atoms with Crippen molar-refractivity contribution >= 4 is 33.0 Å². The van der Waals surface area contributed by atoms with Gasteiger partial charge in [-0.3, -0.25) is 4.99 Å². The van der Waals surface area contributed by atoms with Crippen LogP contribution in [0.15, 0.2) is 145 Å². The molecule has 1 atom stereocenters. The highest BCUT2D eigenvalue weighted by atomic mass is 15.2. The van der Waals surface area contributed by atoms with E-state index in [4.69, 9.17) is 4.99 Å². The number of hydrogen-bond acceptors (Lipinski definition) is 2. The van der Waals surface area contributed by atoms with Gasteiger partial charge in [0.25, 0.3) is 0 Å². The van der Waals surface area contributed by atoms with Crippen LogP contribution in [-0.4, -0.2) is 17.7 Å². The first-order chi connectivity index (χ1) is 19.6. The van der Waals surface area contributed by atoms with Crippen LogP contribution < -0.4 is 0 Å². The van der Waals surface area contributed by atoms with Crippen LogP contribution in [0.25, 0.3) is 38.4 Å². The standard InChI is InChI=1S/C38H30N2/c1-26-11-13-29(14-12-26)30-15-19-31(20-16-30)38-39-36(34-21-17-27-7-3-5-9-32(27)23-34)25-37(40(38)2)35-22-18-28-8-4-6-10-33(28)24-35/h3-25,38H,1-2H3. The minimum absolute atomic E-state index is 0.139. The second-order valence-corrected chi connectivity index (χ2v) is 10.6. The summed E-state index contributed by atoms with van der Waals surface area (Å²) in [5, 5.41) is 4.95. The number of aliphatic imine (C=N–C) groups is 1. The molecule has 0 radical (unpaired) electrons. The highest BCUT2D eigenvalue weighted by molar-refractivity contribution is 6.14. The minimum Gasteiger partial charge on any atom is -0.349 e. The SMILES string of the molecule is Cc1ccc(-c2ccc(C3N=C(c4ccc5ccccc5c4)C=C(c4ccc5ccccc5c4)N3C)cc2)cc1. The molecule has 7 rings (SSSR count). The van der Waals surface area contributed by atoms with Gasteiger partial charge in [0.05, 0.1) is 5.71 Å². The summed E-state index contributed by atoms with van der Waals surface area (Å²) in [7, 11) is 2.15. The first kappa shape index (κ1) is 24.1. The van der Waals surface area contributed by atoms with Crippen molar-refractivity contribution in [2.24, 2.45) is 4.99 Å². The molecule has 0 aliphatic carbocycles. The Bertz CT molecular complexity index is 1910. The van der Waals surface area contributed by atoms with E-state index in [0.29, 0.717) is 0 Å².